The minimum absolute atomic E-state index is 0.0519. The summed E-state index contributed by atoms with van der Waals surface area (Å²) in [4.78, 5) is 12.6. The maximum Gasteiger partial charge on any atom is 0.257 e. The van der Waals surface area contributed by atoms with Crippen molar-refractivity contribution in [3.63, 3.8) is 0 Å². The van der Waals surface area contributed by atoms with Gasteiger partial charge in [0, 0.05) is 36.6 Å². The van der Waals surface area contributed by atoms with E-state index in [2.05, 4.69) is 5.32 Å². The Kier molecular flexibility index (Phi) is 4.40. The van der Waals surface area contributed by atoms with Crippen molar-refractivity contribution in [3.8, 4) is 5.75 Å². The van der Waals surface area contributed by atoms with Gasteiger partial charge in [0.1, 0.15) is 22.9 Å². The molecule has 3 fully saturated rings. The molecule has 1 aliphatic heterocycles. The molecule has 0 unspecified atom stereocenters. The summed E-state index contributed by atoms with van der Waals surface area (Å²) in [6.07, 6.45) is 5.80. The maximum absolute atomic E-state index is 14.2. The van der Waals surface area contributed by atoms with Gasteiger partial charge in [0.15, 0.2) is 0 Å². The third kappa shape index (κ3) is 2.80. The third-order valence-corrected chi connectivity index (χ3v) is 6.16. The number of carbonyl (C=O) groups excluding carboxylic acids is 1. The molecule has 1 heterocycles. The molecule has 1 saturated heterocycles. The molecule has 136 valence electrons. The third-order valence-electron chi connectivity index (χ3n) is 6.16. The Balaban J connectivity index is 1.53. The van der Waals surface area contributed by atoms with Gasteiger partial charge in [-0.25, -0.2) is 8.78 Å². The molecule has 4 atom stereocenters. The Morgan fingerprint density at radius 1 is 1.20 bits per heavy atom. The van der Waals surface area contributed by atoms with Crippen molar-refractivity contribution in [1.82, 2.24) is 5.32 Å². The highest BCUT2D eigenvalue weighted by Gasteiger charge is 2.57. The summed E-state index contributed by atoms with van der Waals surface area (Å²) < 4.78 is 39.1. The highest BCUT2D eigenvalue weighted by Crippen LogP contribution is 2.51. The second-order valence-corrected chi connectivity index (χ2v) is 7.38. The number of hydrogen-bond acceptors (Lipinski definition) is 3. The summed E-state index contributed by atoms with van der Waals surface area (Å²) in [7, 11) is 1.33. The van der Waals surface area contributed by atoms with Gasteiger partial charge in [0.05, 0.1) is 13.2 Å². The molecule has 2 saturated carbocycles. The number of amides is 1. The van der Waals surface area contributed by atoms with Gasteiger partial charge in [-0.3, -0.25) is 4.79 Å². The molecular weight excluding hydrogens is 328 g/mol. The summed E-state index contributed by atoms with van der Waals surface area (Å²) in [5.74, 6) is -1.35. The molecule has 1 aromatic rings. The van der Waals surface area contributed by atoms with E-state index in [1.807, 2.05) is 0 Å². The molecule has 1 N–H and O–H groups in total. The Morgan fingerprint density at radius 3 is 2.52 bits per heavy atom. The Labute approximate surface area is 145 Å². The number of nitrogens with one attached hydrogen (secondary N) is 1. The first-order valence-electron chi connectivity index (χ1n) is 9.05. The van der Waals surface area contributed by atoms with Gasteiger partial charge in [-0.05, 0) is 12.3 Å². The zero-order valence-electron chi connectivity index (χ0n) is 14.3. The predicted octanol–water partition coefficient (Wildman–Crippen LogP) is 3.30. The van der Waals surface area contributed by atoms with Crippen molar-refractivity contribution in [2.24, 2.45) is 17.8 Å². The lowest BCUT2D eigenvalue weighted by Gasteiger charge is -2.50. The van der Waals surface area contributed by atoms with Crippen molar-refractivity contribution in [1.29, 1.82) is 0 Å². The highest BCUT2D eigenvalue weighted by atomic mass is 19.1. The van der Waals surface area contributed by atoms with E-state index in [0.717, 1.165) is 31.4 Å². The van der Waals surface area contributed by atoms with Crippen molar-refractivity contribution < 1.29 is 23.0 Å². The Morgan fingerprint density at radius 2 is 1.88 bits per heavy atom. The van der Waals surface area contributed by atoms with Gasteiger partial charge in [0.2, 0.25) is 0 Å². The largest absolute Gasteiger partial charge is 0.497 e. The quantitative estimate of drug-likeness (QED) is 0.905. The molecule has 1 amide bonds. The van der Waals surface area contributed by atoms with Crippen LogP contribution in [0.25, 0.3) is 0 Å². The van der Waals surface area contributed by atoms with Crippen LogP contribution >= 0.6 is 0 Å². The zero-order chi connectivity index (χ0) is 17.6. The lowest BCUT2D eigenvalue weighted by atomic mass is 9.61. The Bertz CT molecular complexity index is 647. The number of hydrogen-bond donors (Lipinski definition) is 1. The topological polar surface area (TPSA) is 47.6 Å². The average molecular weight is 351 g/mol. The molecule has 0 bridgehead atoms. The first kappa shape index (κ1) is 16.8. The predicted molar refractivity (Wildman–Crippen MR) is 87.5 cm³/mol. The normalized spacial score (nSPS) is 31.5. The van der Waals surface area contributed by atoms with Crippen molar-refractivity contribution >= 4 is 5.91 Å². The summed E-state index contributed by atoms with van der Waals surface area (Å²) in [6, 6.07) is 2.02. The number of halogens is 2. The van der Waals surface area contributed by atoms with Crippen LogP contribution < -0.4 is 10.1 Å². The van der Waals surface area contributed by atoms with Crippen molar-refractivity contribution in [2.75, 3.05) is 13.7 Å². The van der Waals surface area contributed by atoms with Gasteiger partial charge in [-0.2, -0.15) is 0 Å². The first-order chi connectivity index (χ1) is 12.1. The summed E-state index contributed by atoms with van der Waals surface area (Å²) >= 11 is 0. The highest BCUT2D eigenvalue weighted by molar-refractivity contribution is 5.95. The van der Waals surface area contributed by atoms with Crippen LogP contribution in [0.3, 0.4) is 0 Å². The van der Waals surface area contributed by atoms with Crippen LogP contribution in [-0.2, 0) is 4.74 Å². The van der Waals surface area contributed by atoms with Crippen molar-refractivity contribution in [3.05, 3.63) is 29.3 Å². The van der Waals surface area contributed by atoms with Crippen LogP contribution in [0.2, 0.25) is 0 Å². The van der Waals surface area contributed by atoms with Crippen LogP contribution in [0, 0.1) is 29.4 Å². The van der Waals surface area contributed by atoms with E-state index in [9.17, 15) is 13.6 Å². The van der Waals surface area contributed by atoms with Gasteiger partial charge in [0.25, 0.3) is 5.91 Å². The number of methoxy groups -OCH3 is 1. The molecule has 0 aromatic heterocycles. The minimum Gasteiger partial charge on any atom is -0.497 e. The smallest absolute Gasteiger partial charge is 0.257 e. The number of rotatable bonds is 4. The van der Waals surface area contributed by atoms with E-state index in [0.29, 0.717) is 12.5 Å². The molecule has 4 nitrogen and oxygen atoms in total. The molecule has 2 aliphatic carbocycles. The second-order valence-electron chi connectivity index (χ2n) is 7.38. The minimum atomic E-state index is -0.898. The van der Waals surface area contributed by atoms with E-state index in [1.165, 1.54) is 20.0 Å². The fraction of sp³-hybridized carbons (Fsp3) is 0.632. The first-order valence-corrected chi connectivity index (χ1v) is 9.05. The van der Waals surface area contributed by atoms with Gasteiger partial charge in [-0.15, -0.1) is 0 Å². The van der Waals surface area contributed by atoms with E-state index >= 15 is 0 Å². The second kappa shape index (κ2) is 6.56. The fourth-order valence-corrected chi connectivity index (χ4v) is 4.97. The molecule has 3 aliphatic rings. The molecule has 25 heavy (non-hydrogen) atoms. The average Bonchev–Trinajstić information content (AvgIpc) is 3.23. The summed E-state index contributed by atoms with van der Waals surface area (Å²) in [5.41, 5.74) is -0.534. The summed E-state index contributed by atoms with van der Waals surface area (Å²) in [6.45, 7) is 0.705. The number of fused-ring (bicyclic) bond motifs is 1. The molecule has 0 spiro atoms. The van der Waals surface area contributed by atoms with E-state index < -0.39 is 23.1 Å². The fourth-order valence-electron chi connectivity index (χ4n) is 4.97. The molecule has 6 heteroatoms. The van der Waals surface area contributed by atoms with Crippen LogP contribution in [-0.4, -0.2) is 31.8 Å². The van der Waals surface area contributed by atoms with Gasteiger partial charge < -0.3 is 14.8 Å². The maximum atomic E-state index is 14.2. The standard InChI is InChI=1S/C19H23F2NO3/c1-24-11-8-13(20)16(14(21)9-11)19(23)22-17-12-6-7-25-18(12)15(17)10-4-2-3-5-10/h8-10,12,15,17-18H,2-7H2,1H3,(H,22,23)/t12-,15+,17+,18-/m0/s1. The lowest BCUT2D eigenvalue weighted by molar-refractivity contribution is -0.0784. The van der Waals surface area contributed by atoms with Crippen molar-refractivity contribution in [2.45, 2.75) is 44.2 Å². The van der Waals surface area contributed by atoms with E-state index in [-0.39, 0.29) is 29.7 Å². The molecular formula is C19H23F2NO3. The number of ether oxygens (including phenoxy) is 2. The number of carbonyl (C=O) groups is 1. The number of benzene rings is 1. The van der Waals surface area contributed by atoms with Crippen LogP contribution in [0.5, 0.6) is 5.75 Å². The summed E-state index contributed by atoms with van der Waals surface area (Å²) in [5, 5.41) is 2.91. The molecule has 1 aromatic carbocycles. The van der Waals surface area contributed by atoms with Gasteiger partial charge in [-0.1, -0.05) is 25.7 Å². The van der Waals surface area contributed by atoms with Crippen LogP contribution in [0.1, 0.15) is 42.5 Å². The van der Waals surface area contributed by atoms with E-state index in [4.69, 9.17) is 9.47 Å². The van der Waals surface area contributed by atoms with Crippen LogP contribution in [0.15, 0.2) is 12.1 Å². The Hall–Kier alpha value is -1.69. The SMILES string of the molecule is COc1cc(F)c(C(=O)N[C@@H]2[C@@H]3CCO[C@@H]3[C@@H]2C2CCCC2)c(F)c1. The lowest BCUT2D eigenvalue weighted by Crippen LogP contribution is -2.63. The molecule has 0 radical (unpaired) electrons. The van der Waals surface area contributed by atoms with Crippen LogP contribution in [0.4, 0.5) is 8.78 Å². The van der Waals surface area contributed by atoms with Gasteiger partial charge >= 0.3 is 0 Å². The van der Waals surface area contributed by atoms with E-state index in [1.54, 1.807) is 0 Å². The zero-order valence-corrected chi connectivity index (χ0v) is 14.3. The monoisotopic (exact) mass is 351 g/mol. The molecule has 4 rings (SSSR count).